The molecule has 10 nitrogen and oxygen atoms in total. The summed E-state index contributed by atoms with van der Waals surface area (Å²) in [6.45, 7) is 3.80. The second kappa shape index (κ2) is 9.98. The molecule has 3 saturated heterocycles. The number of esters is 1. The highest BCUT2D eigenvalue weighted by Crippen LogP contribution is 2.24. The van der Waals surface area contributed by atoms with Gasteiger partial charge in [0.2, 0.25) is 5.91 Å². The zero-order valence-electron chi connectivity index (χ0n) is 17.3. The van der Waals surface area contributed by atoms with E-state index in [0.29, 0.717) is 39.1 Å². The second-order valence-corrected chi connectivity index (χ2v) is 7.96. The molecule has 31 heavy (non-hydrogen) atoms. The zero-order valence-corrected chi connectivity index (χ0v) is 17.3. The number of hydrogen-bond donors (Lipinski definition) is 4. The number of nitrogens with one attached hydrogen (secondary N) is 4. The highest BCUT2D eigenvalue weighted by Gasteiger charge is 2.42. The van der Waals surface area contributed by atoms with E-state index < -0.39 is 12.1 Å². The lowest BCUT2D eigenvalue weighted by Gasteiger charge is -2.17. The largest absolute Gasteiger partial charge is 0.465 e. The Bertz CT molecular complexity index is 799. The van der Waals surface area contributed by atoms with Crippen LogP contribution in [0.5, 0.6) is 0 Å². The molecule has 0 bridgehead atoms. The van der Waals surface area contributed by atoms with Crippen LogP contribution in [0.3, 0.4) is 0 Å². The number of carbonyl (C=O) groups excluding carboxylic acids is 2. The third kappa shape index (κ3) is 5.56. The Morgan fingerprint density at radius 3 is 2.71 bits per heavy atom. The van der Waals surface area contributed by atoms with Crippen LogP contribution in [0.4, 0.5) is 4.39 Å². The molecule has 1 aromatic carbocycles. The number of ether oxygens (including phenoxy) is 1. The van der Waals surface area contributed by atoms with Crippen LogP contribution in [0.25, 0.3) is 0 Å². The van der Waals surface area contributed by atoms with Crippen molar-refractivity contribution in [2.45, 2.75) is 56.6 Å². The number of nitrogens with zero attached hydrogens (tertiary/aromatic N) is 1. The number of benzene rings is 1. The lowest BCUT2D eigenvalue weighted by molar-refractivity contribution is -0.147. The van der Waals surface area contributed by atoms with Crippen molar-refractivity contribution < 1.29 is 28.4 Å². The summed E-state index contributed by atoms with van der Waals surface area (Å²) in [6.07, 6.45) is 0.144. The first-order valence-corrected chi connectivity index (χ1v) is 10.5. The third-order valence-electron chi connectivity index (χ3n) is 5.57. The van der Waals surface area contributed by atoms with Gasteiger partial charge in [-0.15, -0.1) is 0 Å². The van der Waals surface area contributed by atoms with Gasteiger partial charge in [-0.05, 0) is 24.6 Å². The van der Waals surface area contributed by atoms with E-state index in [0.717, 1.165) is 5.56 Å². The first kappa shape index (κ1) is 22.1. The van der Waals surface area contributed by atoms with Gasteiger partial charge < -0.3 is 10.1 Å². The van der Waals surface area contributed by atoms with Crippen LogP contribution in [0.1, 0.15) is 25.3 Å². The summed E-state index contributed by atoms with van der Waals surface area (Å²) in [5.74, 6) is -0.782. The van der Waals surface area contributed by atoms with Crippen molar-refractivity contribution in [1.82, 2.24) is 26.7 Å². The van der Waals surface area contributed by atoms with Gasteiger partial charge in [0.1, 0.15) is 30.1 Å². The van der Waals surface area contributed by atoms with Crippen molar-refractivity contribution in [3.05, 3.63) is 35.6 Å². The smallest absolute Gasteiger partial charge is 0.325 e. The van der Waals surface area contributed by atoms with E-state index in [1.54, 1.807) is 13.0 Å². The van der Waals surface area contributed by atoms with Gasteiger partial charge in [0, 0.05) is 32.5 Å². The number of carbonyl (C=O) groups is 2. The average molecular weight is 437 g/mol. The van der Waals surface area contributed by atoms with Gasteiger partial charge in [-0.25, -0.2) is 9.40 Å². The molecule has 3 aliphatic heterocycles. The summed E-state index contributed by atoms with van der Waals surface area (Å²) in [6, 6.07) is 5.35. The van der Waals surface area contributed by atoms with Crippen molar-refractivity contribution in [3.63, 3.8) is 0 Å². The van der Waals surface area contributed by atoms with E-state index in [4.69, 9.17) is 14.4 Å². The molecular weight excluding hydrogens is 409 g/mol. The Morgan fingerprint density at radius 1 is 1.23 bits per heavy atom. The Labute approximate surface area is 179 Å². The predicted molar refractivity (Wildman–Crippen MR) is 106 cm³/mol. The van der Waals surface area contributed by atoms with Crippen LogP contribution in [-0.2, 0) is 30.5 Å². The Morgan fingerprint density at radius 2 is 1.97 bits per heavy atom. The van der Waals surface area contributed by atoms with Crippen molar-refractivity contribution in [1.29, 1.82) is 0 Å². The first-order chi connectivity index (χ1) is 15.0. The molecule has 4 rings (SSSR count). The Hall–Kier alpha value is -2.15. The van der Waals surface area contributed by atoms with E-state index in [9.17, 15) is 14.0 Å². The molecule has 1 aromatic rings. The van der Waals surface area contributed by atoms with Gasteiger partial charge in [0.05, 0.1) is 12.6 Å². The van der Waals surface area contributed by atoms with Gasteiger partial charge >= 0.3 is 5.97 Å². The van der Waals surface area contributed by atoms with Crippen LogP contribution in [0, 0.1) is 5.82 Å². The maximum absolute atomic E-state index is 13.4. The summed E-state index contributed by atoms with van der Waals surface area (Å²) in [5, 5.41) is 4.97. The fourth-order valence-corrected chi connectivity index (χ4v) is 4.01. The molecular formula is C20H28FN5O5. The number of halogens is 1. The van der Waals surface area contributed by atoms with E-state index in [2.05, 4.69) is 21.7 Å². The fraction of sp³-hybridized carbons (Fsp3) is 0.600. The molecule has 5 atom stereocenters. The molecule has 5 unspecified atom stereocenters. The number of hydroxylamine groups is 2. The van der Waals surface area contributed by atoms with E-state index in [-0.39, 0.29) is 35.9 Å². The summed E-state index contributed by atoms with van der Waals surface area (Å²) >= 11 is 0. The molecule has 3 aliphatic rings. The maximum Gasteiger partial charge on any atom is 0.325 e. The molecule has 0 saturated carbocycles. The van der Waals surface area contributed by atoms with Gasteiger partial charge in [-0.2, -0.15) is 11.0 Å². The summed E-state index contributed by atoms with van der Waals surface area (Å²) < 4.78 is 18.3. The molecule has 0 spiro atoms. The van der Waals surface area contributed by atoms with Crippen LogP contribution < -0.4 is 21.7 Å². The normalized spacial score (nSPS) is 31.1. The molecule has 1 amide bonds. The summed E-state index contributed by atoms with van der Waals surface area (Å²) in [4.78, 5) is 35.5. The highest BCUT2D eigenvalue weighted by molar-refractivity contribution is 5.82. The van der Waals surface area contributed by atoms with Crippen molar-refractivity contribution in [2.24, 2.45) is 0 Å². The molecule has 4 N–H and O–H groups in total. The first-order valence-electron chi connectivity index (χ1n) is 10.5. The van der Waals surface area contributed by atoms with Crippen LogP contribution in [0.15, 0.2) is 24.3 Å². The van der Waals surface area contributed by atoms with E-state index in [1.165, 1.54) is 12.1 Å². The van der Waals surface area contributed by atoms with Gasteiger partial charge in [-0.1, -0.05) is 12.1 Å². The minimum Gasteiger partial charge on any atom is -0.465 e. The van der Waals surface area contributed by atoms with Gasteiger partial charge in [-0.3, -0.25) is 24.7 Å². The average Bonchev–Trinajstić information content (AvgIpc) is 3.49. The molecule has 3 heterocycles. The molecule has 0 aliphatic carbocycles. The zero-order chi connectivity index (χ0) is 21.8. The molecule has 170 valence electrons. The maximum atomic E-state index is 13.4. The fourth-order valence-electron chi connectivity index (χ4n) is 4.01. The summed E-state index contributed by atoms with van der Waals surface area (Å²) in [7, 11) is 0. The van der Waals surface area contributed by atoms with Crippen LogP contribution >= 0.6 is 0 Å². The number of hydrazine groups is 1. The standard InChI is InChI=1S/C20H28FN5O5/c1-2-29-20(28)16-8-18(31-25-16)17-7-15(24-30-17)19(27)23-14-9-22-26(11-14)10-12-4-3-5-13(21)6-12/h3-6,14-18,22,24-25H,2,7-11H2,1H3,(H,23,27). The Balaban J connectivity index is 1.20. The molecule has 11 heteroatoms. The SMILES string of the molecule is CCOC(=O)C1CC(C2CC(C(=O)NC3CNN(Cc4cccc(F)c4)C3)NO2)ON1. The second-order valence-electron chi connectivity index (χ2n) is 7.96. The predicted octanol–water partition coefficient (Wildman–Crippen LogP) is -0.482. The van der Waals surface area contributed by atoms with Crippen molar-refractivity contribution in [2.75, 3.05) is 19.7 Å². The van der Waals surface area contributed by atoms with E-state index >= 15 is 0 Å². The quantitative estimate of drug-likeness (QED) is 0.420. The van der Waals surface area contributed by atoms with Gasteiger partial charge in [0.15, 0.2) is 0 Å². The molecule has 0 radical (unpaired) electrons. The Kier molecular flexibility index (Phi) is 7.10. The monoisotopic (exact) mass is 437 g/mol. The third-order valence-corrected chi connectivity index (χ3v) is 5.57. The topological polar surface area (TPSA) is 113 Å². The molecule has 3 fully saturated rings. The molecule has 0 aromatic heterocycles. The minimum atomic E-state index is -0.532. The van der Waals surface area contributed by atoms with Gasteiger partial charge in [0.25, 0.3) is 0 Å². The van der Waals surface area contributed by atoms with Crippen LogP contribution in [0.2, 0.25) is 0 Å². The van der Waals surface area contributed by atoms with E-state index in [1.807, 2.05) is 11.1 Å². The van der Waals surface area contributed by atoms with Crippen molar-refractivity contribution in [3.8, 4) is 0 Å². The highest BCUT2D eigenvalue weighted by atomic mass is 19.1. The number of rotatable bonds is 7. The van der Waals surface area contributed by atoms with Crippen LogP contribution in [-0.4, -0.2) is 66.9 Å². The summed E-state index contributed by atoms with van der Waals surface area (Å²) in [5.41, 5.74) is 9.53. The minimum absolute atomic E-state index is 0.0699. The lowest BCUT2D eigenvalue weighted by Crippen LogP contribution is -2.47. The lowest BCUT2D eigenvalue weighted by atomic mass is 10.0. The van der Waals surface area contributed by atoms with Crippen molar-refractivity contribution >= 4 is 11.9 Å². The number of amides is 1. The number of hydrogen-bond acceptors (Lipinski definition) is 9.